The third-order valence-corrected chi connectivity index (χ3v) is 3.60. The van der Waals surface area contributed by atoms with Crippen molar-refractivity contribution in [3.05, 3.63) is 23.8 Å². The Bertz CT molecular complexity index is 390. The van der Waals surface area contributed by atoms with Gasteiger partial charge < -0.3 is 20.7 Å². The number of aromatic hydroxyl groups is 1. The lowest BCUT2D eigenvalue weighted by Gasteiger charge is -2.34. The molecule has 94 valence electrons. The lowest BCUT2D eigenvalue weighted by Crippen LogP contribution is -2.36. The molecule has 0 heterocycles. The van der Waals surface area contributed by atoms with Crippen molar-refractivity contribution in [1.29, 1.82) is 0 Å². The summed E-state index contributed by atoms with van der Waals surface area (Å²) in [6.07, 6.45) is 2.54. The Morgan fingerprint density at radius 1 is 1.41 bits per heavy atom. The van der Waals surface area contributed by atoms with Gasteiger partial charge >= 0.3 is 0 Å². The molecule has 0 radical (unpaired) electrons. The SMILES string of the molecule is COc1cccc(O)c1[C@@H](N)[C@@H](O)C1CCC1. The maximum atomic E-state index is 10.1. The zero-order valence-electron chi connectivity index (χ0n) is 9.97. The summed E-state index contributed by atoms with van der Waals surface area (Å²) >= 11 is 0. The molecule has 4 nitrogen and oxygen atoms in total. The normalized spacial score (nSPS) is 19.5. The van der Waals surface area contributed by atoms with E-state index in [9.17, 15) is 10.2 Å². The molecule has 4 N–H and O–H groups in total. The maximum absolute atomic E-state index is 10.1. The van der Waals surface area contributed by atoms with Crippen LogP contribution in [0.1, 0.15) is 30.9 Å². The second-order valence-electron chi connectivity index (χ2n) is 4.60. The van der Waals surface area contributed by atoms with E-state index >= 15 is 0 Å². The summed E-state index contributed by atoms with van der Waals surface area (Å²) in [4.78, 5) is 0. The molecule has 1 aliphatic carbocycles. The van der Waals surface area contributed by atoms with Crippen molar-refractivity contribution in [2.24, 2.45) is 11.7 Å². The molecule has 2 rings (SSSR count). The van der Waals surface area contributed by atoms with Gasteiger partial charge in [-0.25, -0.2) is 0 Å². The number of nitrogens with two attached hydrogens (primary N) is 1. The van der Waals surface area contributed by atoms with Gasteiger partial charge in [-0.15, -0.1) is 0 Å². The van der Waals surface area contributed by atoms with Gasteiger partial charge in [0.25, 0.3) is 0 Å². The van der Waals surface area contributed by atoms with E-state index < -0.39 is 12.1 Å². The van der Waals surface area contributed by atoms with E-state index in [2.05, 4.69) is 0 Å². The van der Waals surface area contributed by atoms with Crippen molar-refractivity contribution in [2.75, 3.05) is 7.11 Å². The van der Waals surface area contributed by atoms with Gasteiger partial charge in [-0.2, -0.15) is 0 Å². The van der Waals surface area contributed by atoms with Crippen LogP contribution >= 0.6 is 0 Å². The van der Waals surface area contributed by atoms with Crippen molar-refractivity contribution in [2.45, 2.75) is 31.4 Å². The number of aliphatic hydroxyl groups is 1. The summed E-state index contributed by atoms with van der Waals surface area (Å²) in [6.45, 7) is 0. The molecule has 17 heavy (non-hydrogen) atoms. The number of hydrogen-bond acceptors (Lipinski definition) is 4. The largest absolute Gasteiger partial charge is 0.507 e. The molecule has 1 aromatic rings. The van der Waals surface area contributed by atoms with Gasteiger partial charge in [0, 0.05) is 0 Å². The van der Waals surface area contributed by atoms with Gasteiger partial charge in [0.15, 0.2) is 0 Å². The van der Waals surface area contributed by atoms with E-state index in [0.29, 0.717) is 11.3 Å². The third-order valence-electron chi connectivity index (χ3n) is 3.60. The monoisotopic (exact) mass is 237 g/mol. The molecule has 0 amide bonds. The first-order valence-electron chi connectivity index (χ1n) is 5.94. The highest BCUT2D eigenvalue weighted by molar-refractivity contribution is 5.46. The molecule has 1 saturated carbocycles. The number of phenolic OH excluding ortho intramolecular Hbond substituents is 1. The summed E-state index contributed by atoms with van der Waals surface area (Å²) in [5, 5.41) is 20.0. The molecule has 4 heteroatoms. The minimum absolute atomic E-state index is 0.0789. The summed E-state index contributed by atoms with van der Waals surface area (Å²) in [6, 6.07) is 4.39. The number of rotatable bonds is 4. The van der Waals surface area contributed by atoms with Crippen LogP contribution in [0.15, 0.2) is 18.2 Å². The van der Waals surface area contributed by atoms with Crippen LogP contribution in [0, 0.1) is 5.92 Å². The summed E-state index contributed by atoms with van der Waals surface area (Å²) < 4.78 is 5.18. The fourth-order valence-electron chi connectivity index (χ4n) is 2.29. The molecular weight excluding hydrogens is 218 g/mol. The molecular formula is C13H19NO3. The number of phenols is 1. The molecule has 0 spiro atoms. The van der Waals surface area contributed by atoms with Crippen LogP contribution in [0.2, 0.25) is 0 Å². The predicted molar refractivity (Wildman–Crippen MR) is 64.9 cm³/mol. The molecule has 0 aliphatic heterocycles. The lowest BCUT2D eigenvalue weighted by molar-refractivity contribution is 0.0401. The second-order valence-corrected chi connectivity index (χ2v) is 4.60. The van der Waals surface area contributed by atoms with Gasteiger partial charge in [0.05, 0.1) is 24.8 Å². The summed E-state index contributed by atoms with van der Waals surface area (Å²) in [7, 11) is 1.53. The van der Waals surface area contributed by atoms with Gasteiger partial charge in [-0.1, -0.05) is 12.5 Å². The molecule has 0 aromatic heterocycles. The highest BCUT2D eigenvalue weighted by Crippen LogP contribution is 2.39. The Balaban J connectivity index is 2.25. The summed E-state index contributed by atoms with van der Waals surface area (Å²) in [5.41, 5.74) is 6.53. The van der Waals surface area contributed by atoms with Gasteiger partial charge in [-0.3, -0.25) is 0 Å². The number of hydrogen-bond donors (Lipinski definition) is 3. The van der Waals surface area contributed by atoms with Crippen LogP contribution in [-0.4, -0.2) is 23.4 Å². The standard InChI is InChI=1S/C13H19NO3/c1-17-10-7-3-6-9(15)11(10)12(14)13(16)8-4-2-5-8/h3,6-8,12-13,15-16H,2,4-5,14H2,1H3/t12-,13+/m1/s1. The highest BCUT2D eigenvalue weighted by Gasteiger charge is 2.33. The fourth-order valence-corrected chi connectivity index (χ4v) is 2.29. The highest BCUT2D eigenvalue weighted by atomic mass is 16.5. The molecule has 0 unspecified atom stereocenters. The number of benzene rings is 1. The Kier molecular flexibility index (Phi) is 3.54. The lowest BCUT2D eigenvalue weighted by atomic mass is 9.77. The van der Waals surface area contributed by atoms with Gasteiger partial charge in [0.1, 0.15) is 11.5 Å². The topological polar surface area (TPSA) is 75.7 Å². The zero-order valence-corrected chi connectivity index (χ0v) is 9.97. The van der Waals surface area contributed by atoms with Crippen LogP contribution in [0.4, 0.5) is 0 Å². The first-order chi connectivity index (χ1) is 8.15. The Labute approximate surface area is 101 Å². The quantitative estimate of drug-likeness (QED) is 0.743. The average Bonchev–Trinajstić information content (AvgIpc) is 2.25. The molecule has 0 saturated heterocycles. The third kappa shape index (κ3) is 2.23. The Morgan fingerprint density at radius 2 is 2.12 bits per heavy atom. The molecule has 0 bridgehead atoms. The van der Waals surface area contributed by atoms with E-state index in [-0.39, 0.29) is 11.7 Å². The smallest absolute Gasteiger partial charge is 0.127 e. The van der Waals surface area contributed by atoms with E-state index in [4.69, 9.17) is 10.5 Å². The molecule has 2 atom stereocenters. The fraction of sp³-hybridized carbons (Fsp3) is 0.538. The van der Waals surface area contributed by atoms with Crippen molar-refractivity contribution in [1.82, 2.24) is 0 Å². The van der Waals surface area contributed by atoms with Crippen LogP contribution in [-0.2, 0) is 0 Å². The van der Waals surface area contributed by atoms with Crippen LogP contribution in [0.3, 0.4) is 0 Å². The Morgan fingerprint density at radius 3 is 2.65 bits per heavy atom. The van der Waals surface area contributed by atoms with Crippen molar-refractivity contribution < 1.29 is 14.9 Å². The molecule has 1 fully saturated rings. The van der Waals surface area contributed by atoms with E-state index in [0.717, 1.165) is 19.3 Å². The van der Waals surface area contributed by atoms with Crippen molar-refractivity contribution >= 4 is 0 Å². The van der Waals surface area contributed by atoms with E-state index in [1.165, 1.54) is 7.11 Å². The minimum atomic E-state index is -0.619. The van der Waals surface area contributed by atoms with Crippen molar-refractivity contribution in [3.8, 4) is 11.5 Å². The predicted octanol–water partition coefficient (Wildman–Crippen LogP) is 1.56. The first kappa shape index (κ1) is 12.2. The van der Waals surface area contributed by atoms with Gasteiger partial charge in [-0.05, 0) is 30.9 Å². The molecule has 1 aromatic carbocycles. The van der Waals surface area contributed by atoms with Crippen molar-refractivity contribution in [3.63, 3.8) is 0 Å². The zero-order chi connectivity index (χ0) is 12.4. The van der Waals surface area contributed by atoms with E-state index in [1.54, 1.807) is 18.2 Å². The number of ether oxygens (including phenoxy) is 1. The van der Waals surface area contributed by atoms with Crippen LogP contribution in [0.25, 0.3) is 0 Å². The number of aliphatic hydroxyl groups excluding tert-OH is 1. The van der Waals surface area contributed by atoms with Crippen LogP contribution in [0.5, 0.6) is 11.5 Å². The minimum Gasteiger partial charge on any atom is -0.507 e. The maximum Gasteiger partial charge on any atom is 0.127 e. The van der Waals surface area contributed by atoms with Crippen LogP contribution < -0.4 is 10.5 Å². The summed E-state index contributed by atoms with van der Waals surface area (Å²) in [5.74, 6) is 0.848. The Hall–Kier alpha value is -1.26. The molecule has 1 aliphatic rings. The average molecular weight is 237 g/mol. The second kappa shape index (κ2) is 4.94. The first-order valence-corrected chi connectivity index (χ1v) is 5.94. The number of methoxy groups -OCH3 is 1. The van der Waals surface area contributed by atoms with E-state index in [1.807, 2.05) is 0 Å². The van der Waals surface area contributed by atoms with Gasteiger partial charge in [0.2, 0.25) is 0 Å².